The highest BCUT2D eigenvalue weighted by atomic mass is 32.2. The standard InChI is InChI=1S/C11H14S/c1-11(7-8-11)9-12-10-5-3-2-4-6-10/h2-6H,7-9H2,1H3. The van der Waals surface area contributed by atoms with Crippen molar-refractivity contribution in [2.45, 2.75) is 24.7 Å². The lowest BCUT2D eigenvalue weighted by molar-refractivity contribution is 0.666. The Bertz CT molecular complexity index is 249. The number of hydrogen-bond acceptors (Lipinski definition) is 1. The fourth-order valence-corrected chi connectivity index (χ4v) is 2.29. The Morgan fingerprint density at radius 3 is 2.50 bits per heavy atom. The SMILES string of the molecule is CC1(CSc2ccccc2)CC1. The second kappa shape index (κ2) is 3.14. The van der Waals surface area contributed by atoms with E-state index < -0.39 is 0 Å². The van der Waals surface area contributed by atoms with E-state index in [9.17, 15) is 0 Å². The summed E-state index contributed by atoms with van der Waals surface area (Å²) in [4.78, 5) is 1.41. The minimum Gasteiger partial charge on any atom is -0.126 e. The summed E-state index contributed by atoms with van der Waals surface area (Å²) in [6, 6.07) is 10.7. The van der Waals surface area contributed by atoms with Gasteiger partial charge in [0.2, 0.25) is 0 Å². The topological polar surface area (TPSA) is 0 Å². The largest absolute Gasteiger partial charge is 0.126 e. The second-order valence-electron chi connectivity index (χ2n) is 3.91. The number of hydrogen-bond donors (Lipinski definition) is 0. The van der Waals surface area contributed by atoms with Gasteiger partial charge in [-0.15, -0.1) is 11.8 Å². The van der Waals surface area contributed by atoms with E-state index >= 15 is 0 Å². The Morgan fingerprint density at radius 1 is 1.25 bits per heavy atom. The lowest BCUT2D eigenvalue weighted by Crippen LogP contribution is -1.95. The van der Waals surface area contributed by atoms with Gasteiger partial charge >= 0.3 is 0 Å². The molecule has 1 saturated carbocycles. The average molecular weight is 178 g/mol. The number of rotatable bonds is 3. The summed E-state index contributed by atoms with van der Waals surface area (Å²) < 4.78 is 0. The van der Waals surface area contributed by atoms with Gasteiger partial charge in [0.25, 0.3) is 0 Å². The zero-order valence-corrected chi connectivity index (χ0v) is 8.23. The summed E-state index contributed by atoms with van der Waals surface area (Å²) >= 11 is 1.99. The molecular weight excluding hydrogens is 164 g/mol. The number of benzene rings is 1. The Hall–Kier alpha value is -0.430. The molecule has 1 fully saturated rings. The number of thioether (sulfide) groups is 1. The molecule has 1 aliphatic carbocycles. The quantitative estimate of drug-likeness (QED) is 0.637. The van der Waals surface area contributed by atoms with E-state index in [1.165, 1.54) is 23.5 Å². The van der Waals surface area contributed by atoms with E-state index in [2.05, 4.69) is 37.3 Å². The zero-order chi connectivity index (χ0) is 8.44. The first-order valence-corrected chi connectivity index (χ1v) is 5.45. The maximum absolute atomic E-state index is 2.38. The molecule has 0 radical (unpaired) electrons. The third-order valence-corrected chi connectivity index (χ3v) is 3.88. The molecule has 0 spiro atoms. The third kappa shape index (κ3) is 2.04. The fraction of sp³-hybridized carbons (Fsp3) is 0.455. The van der Waals surface area contributed by atoms with E-state index in [1.54, 1.807) is 0 Å². The molecule has 12 heavy (non-hydrogen) atoms. The van der Waals surface area contributed by atoms with Gasteiger partial charge in [0.1, 0.15) is 0 Å². The molecule has 1 heteroatoms. The maximum atomic E-state index is 2.38. The molecule has 64 valence electrons. The van der Waals surface area contributed by atoms with Crippen LogP contribution in [0.3, 0.4) is 0 Å². The first-order chi connectivity index (χ1) is 5.79. The van der Waals surface area contributed by atoms with Crippen molar-refractivity contribution < 1.29 is 0 Å². The summed E-state index contributed by atoms with van der Waals surface area (Å²) in [7, 11) is 0. The Kier molecular flexibility index (Phi) is 2.14. The molecule has 0 bridgehead atoms. The molecule has 0 N–H and O–H groups in total. The van der Waals surface area contributed by atoms with E-state index in [0.29, 0.717) is 5.41 Å². The second-order valence-corrected chi connectivity index (χ2v) is 4.96. The third-order valence-electron chi connectivity index (χ3n) is 2.43. The Balaban J connectivity index is 1.88. The smallest absolute Gasteiger partial charge is 0.00721 e. The van der Waals surface area contributed by atoms with Crippen LogP contribution in [0.5, 0.6) is 0 Å². The van der Waals surface area contributed by atoms with Crippen molar-refractivity contribution in [2.24, 2.45) is 5.41 Å². The van der Waals surface area contributed by atoms with E-state index in [0.717, 1.165) is 0 Å². The van der Waals surface area contributed by atoms with Crippen molar-refractivity contribution in [3.63, 3.8) is 0 Å². The first-order valence-electron chi connectivity index (χ1n) is 4.46. The van der Waals surface area contributed by atoms with Crippen LogP contribution in [-0.2, 0) is 0 Å². The van der Waals surface area contributed by atoms with Gasteiger partial charge in [-0.2, -0.15) is 0 Å². The molecule has 0 aliphatic heterocycles. The van der Waals surface area contributed by atoms with Gasteiger partial charge in [-0.25, -0.2) is 0 Å². The van der Waals surface area contributed by atoms with Gasteiger partial charge in [-0.3, -0.25) is 0 Å². The highest BCUT2D eigenvalue weighted by Gasteiger charge is 2.36. The van der Waals surface area contributed by atoms with Gasteiger partial charge in [0.15, 0.2) is 0 Å². The van der Waals surface area contributed by atoms with Crippen LogP contribution >= 0.6 is 11.8 Å². The maximum Gasteiger partial charge on any atom is 0.00721 e. The lowest BCUT2D eigenvalue weighted by atomic mass is 10.2. The Labute approximate surface area is 78.4 Å². The van der Waals surface area contributed by atoms with E-state index in [1.807, 2.05) is 11.8 Å². The lowest BCUT2D eigenvalue weighted by Gasteiger charge is -2.06. The highest BCUT2D eigenvalue weighted by molar-refractivity contribution is 7.99. The summed E-state index contributed by atoms with van der Waals surface area (Å²) in [6.07, 6.45) is 2.85. The van der Waals surface area contributed by atoms with Gasteiger partial charge in [0.05, 0.1) is 0 Å². The van der Waals surface area contributed by atoms with Gasteiger partial charge in [0, 0.05) is 10.6 Å². The molecule has 0 unspecified atom stereocenters. The van der Waals surface area contributed by atoms with Crippen LogP contribution in [0, 0.1) is 5.41 Å². The molecule has 0 aromatic heterocycles. The van der Waals surface area contributed by atoms with Crippen molar-refractivity contribution in [1.82, 2.24) is 0 Å². The molecule has 0 nitrogen and oxygen atoms in total. The first kappa shape index (κ1) is 8.18. The molecule has 2 rings (SSSR count). The van der Waals surface area contributed by atoms with Crippen LogP contribution in [0.15, 0.2) is 35.2 Å². The molecule has 0 saturated heterocycles. The van der Waals surface area contributed by atoms with Crippen molar-refractivity contribution in [3.8, 4) is 0 Å². The fourth-order valence-electron chi connectivity index (χ4n) is 1.13. The van der Waals surface area contributed by atoms with Gasteiger partial charge in [-0.1, -0.05) is 25.1 Å². The van der Waals surface area contributed by atoms with Crippen molar-refractivity contribution >= 4 is 11.8 Å². The van der Waals surface area contributed by atoms with Crippen molar-refractivity contribution in [3.05, 3.63) is 30.3 Å². The summed E-state index contributed by atoms with van der Waals surface area (Å²) in [5.74, 6) is 1.29. The summed E-state index contributed by atoms with van der Waals surface area (Å²) in [6.45, 7) is 2.38. The molecular formula is C11H14S. The van der Waals surface area contributed by atoms with Gasteiger partial charge < -0.3 is 0 Å². The van der Waals surface area contributed by atoms with Crippen LogP contribution in [0.1, 0.15) is 19.8 Å². The molecule has 0 atom stereocenters. The summed E-state index contributed by atoms with van der Waals surface area (Å²) in [5, 5.41) is 0. The molecule has 0 heterocycles. The normalized spacial score (nSPS) is 19.1. The monoisotopic (exact) mass is 178 g/mol. The van der Waals surface area contributed by atoms with Crippen LogP contribution in [-0.4, -0.2) is 5.75 Å². The van der Waals surface area contributed by atoms with E-state index in [4.69, 9.17) is 0 Å². The van der Waals surface area contributed by atoms with Crippen molar-refractivity contribution in [1.29, 1.82) is 0 Å². The predicted molar refractivity (Wildman–Crippen MR) is 54.5 cm³/mol. The average Bonchev–Trinajstić information content (AvgIpc) is 2.84. The van der Waals surface area contributed by atoms with Gasteiger partial charge in [-0.05, 0) is 30.4 Å². The molecule has 0 amide bonds. The molecule has 1 aliphatic rings. The van der Waals surface area contributed by atoms with Crippen LogP contribution < -0.4 is 0 Å². The van der Waals surface area contributed by atoms with Crippen molar-refractivity contribution in [2.75, 3.05) is 5.75 Å². The zero-order valence-electron chi connectivity index (χ0n) is 7.42. The highest BCUT2D eigenvalue weighted by Crippen LogP contribution is 2.48. The summed E-state index contributed by atoms with van der Waals surface area (Å²) in [5.41, 5.74) is 0.667. The Morgan fingerprint density at radius 2 is 1.92 bits per heavy atom. The molecule has 1 aromatic rings. The predicted octanol–water partition coefficient (Wildman–Crippen LogP) is 3.58. The van der Waals surface area contributed by atoms with Crippen LogP contribution in [0.25, 0.3) is 0 Å². The van der Waals surface area contributed by atoms with Crippen LogP contribution in [0.4, 0.5) is 0 Å². The van der Waals surface area contributed by atoms with Crippen LogP contribution in [0.2, 0.25) is 0 Å². The van der Waals surface area contributed by atoms with E-state index in [-0.39, 0.29) is 0 Å². The minimum absolute atomic E-state index is 0.667. The minimum atomic E-state index is 0.667. The molecule has 1 aromatic carbocycles.